The van der Waals surface area contributed by atoms with Crippen molar-refractivity contribution in [3.63, 3.8) is 0 Å². The molecule has 0 atom stereocenters. The van der Waals surface area contributed by atoms with E-state index in [2.05, 4.69) is 0 Å². The molecule has 1 aromatic heterocycles. The van der Waals surface area contributed by atoms with Crippen LogP contribution in [-0.2, 0) is 4.79 Å². The standard InChI is InChI=1S/C17H15NO4/c1-10(19)18(2)11-4-6-14-13-7-5-12(21-3)9-15(13)17(20)22-16(14)8-11/h4-9H,1-3H3. The van der Waals surface area contributed by atoms with Crippen LogP contribution in [0.1, 0.15) is 6.92 Å². The average Bonchev–Trinajstić information content (AvgIpc) is 2.53. The van der Waals surface area contributed by atoms with Crippen LogP contribution in [0.3, 0.4) is 0 Å². The summed E-state index contributed by atoms with van der Waals surface area (Å²) in [7, 11) is 3.22. The minimum atomic E-state index is -0.427. The van der Waals surface area contributed by atoms with Crippen molar-refractivity contribution in [1.82, 2.24) is 0 Å². The van der Waals surface area contributed by atoms with E-state index < -0.39 is 5.63 Å². The van der Waals surface area contributed by atoms with Crippen molar-refractivity contribution in [3.05, 3.63) is 46.8 Å². The summed E-state index contributed by atoms with van der Waals surface area (Å²) in [6.45, 7) is 1.48. The van der Waals surface area contributed by atoms with E-state index in [1.807, 2.05) is 18.2 Å². The summed E-state index contributed by atoms with van der Waals surface area (Å²) in [5.74, 6) is 0.513. The van der Waals surface area contributed by atoms with Crippen LogP contribution < -0.4 is 15.3 Å². The number of anilines is 1. The summed E-state index contributed by atoms with van der Waals surface area (Å²) in [5.41, 5.74) is 0.702. The SMILES string of the molecule is COc1ccc2c(c1)c(=O)oc1cc(N(C)C(C)=O)ccc12. The first kappa shape index (κ1) is 14.1. The van der Waals surface area contributed by atoms with Crippen molar-refractivity contribution < 1.29 is 13.9 Å². The van der Waals surface area contributed by atoms with E-state index in [0.717, 1.165) is 10.8 Å². The Balaban J connectivity index is 2.30. The van der Waals surface area contributed by atoms with Gasteiger partial charge in [0.05, 0.1) is 12.5 Å². The zero-order valence-electron chi connectivity index (χ0n) is 12.5. The largest absolute Gasteiger partial charge is 0.497 e. The molecule has 1 amide bonds. The number of methoxy groups -OCH3 is 1. The fourth-order valence-corrected chi connectivity index (χ4v) is 2.42. The van der Waals surface area contributed by atoms with Gasteiger partial charge < -0.3 is 14.1 Å². The Morgan fingerprint density at radius 2 is 1.82 bits per heavy atom. The number of rotatable bonds is 2. The first-order valence-electron chi connectivity index (χ1n) is 6.80. The number of carbonyl (C=O) groups is 1. The Morgan fingerprint density at radius 3 is 2.50 bits per heavy atom. The molecule has 0 unspecified atom stereocenters. The van der Waals surface area contributed by atoms with Gasteiger partial charge in [-0.25, -0.2) is 4.79 Å². The molecule has 0 spiro atoms. The lowest BCUT2D eigenvalue weighted by atomic mass is 10.1. The molecule has 22 heavy (non-hydrogen) atoms. The van der Waals surface area contributed by atoms with Crippen molar-refractivity contribution in [2.75, 3.05) is 19.1 Å². The molecule has 3 rings (SSSR count). The van der Waals surface area contributed by atoms with Gasteiger partial charge in [0.25, 0.3) is 0 Å². The number of hydrogen-bond acceptors (Lipinski definition) is 4. The Labute approximate surface area is 126 Å². The van der Waals surface area contributed by atoms with Gasteiger partial charge in [0.15, 0.2) is 0 Å². The molecule has 0 aliphatic rings. The van der Waals surface area contributed by atoms with Crippen LogP contribution in [0.15, 0.2) is 45.6 Å². The van der Waals surface area contributed by atoms with E-state index in [-0.39, 0.29) is 5.91 Å². The van der Waals surface area contributed by atoms with Crippen LogP contribution >= 0.6 is 0 Å². The zero-order chi connectivity index (χ0) is 15.9. The van der Waals surface area contributed by atoms with Gasteiger partial charge in [-0.15, -0.1) is 0 Å². The maximum absolute atomic E-state index is 12.2. The lowest BCUT2D eigenvalue weighted by Gasteiger charge is -2.15. The molecule has 0 aliphatic carbocycles. The molecule has 0 N–H and O–H groups in total. The van der Waals surface area contributed by atoms with Gasteiger partial charge >= 0.3 is 5.63 Å². The molecule has 5 nitrogen and oxygen atoms in total. The Morgan fingerprint density at radius 1 is 1.09 bits per heavy atom. The first-order chi connectivity index (χ1) is 10.5. The third kappa shape index (κ3) is 2.20. The van der Waals surface area contributed by atoms with Crippen LogP contribution in [0, 0.1) is 0 Å². The average molecular weight is 297 g/mol. The second kappa shape index (κ2) is 5.18. The van der Waals surface area contributed by atoms with Crippen molar-refractivity contribution in [2.45, 2.75) is 6.92 Å². The molecule has 0 saturated carbocycles. The highest BCUT2D eigenvalue weighted by molar-refractivity contribution is 6.06. The molecule has 2 aromatic carbocycles. The molecule has 0 saturated heterocycles. The van der Waals surface area contributed by atoms with Crippen LogP contribution in [0.5, 0.6) is 5.75 Å². The zero-order valence-corrected chi connectivity index (χ0v) is 12.5. The molecule has 1 heterocycles. The fourth-order valence-electron chi connectivity index (χ4n) is 2.42. The number of hydrogen-bond donors (Lipinski definition) is 0. The van der Waals surface area contributed by atoms with E-state index in [1.165, 1.54) is 11.8 Å². The summed E-state index contributed by atoms with van der Waals surface area (Å²) >= 11 is 0. The fraction of sp³-hybridized carbons (Fsp3) is 0.176. The summed E-state index contributed by atoms with van der Waals surface area (Å²) < 4.78 is 10.5. The van der Waals surface area contributed by atoms with Crippen molar-refractivity contribution >= 4 is 33.3 Å². The molecule has 112 valence electrons. The normalized spacial score (nSPS) is 10.9. The smallest absolute Gasteiger partial charge is 0.344 e. The number of nitrogens with zero attached hydrogens (tertiary/aromatic N) is 1. The highest BCUT2D eigenvalue weighted by atomic mass is 16.5. The monoisotopic (exact) mass is 297 g/mol. The van der Waals surface area contributed by atoms with Gasteiger partial charge in [0, 0.05) is 36.5 Å². The minimum Gasteiger partial charge on any atom is -0.497 e. The van der Waals surface area contributed by atoms with E-state index in [1.54, 1.807) is 32.4 Å². The maximum Gasteiger partial charge on any atom is 0.344 e. The minimum absolute atomic E-state index is 0.0905. The van der Waals surface area contributed by atoms with Gasteiger partial charge in [-0.05, 0) is 30.3 Å². The van der Waals surface area contributed by atoms with E-state index in [0.29, 0.717) is 22.4 Å². The predicted molar refractivity (Wildman–Crippen MR) is 85.6 cm³/mol. The van der Waals surface area contributed by atoms with Gasteiger partial charge in [0.1, 0.15) is 11.3 Å². The molecule has 0 bridgehead atoms. The quantitative estimate of drug-likeness (QED) is 0.539. The van der Waals surface area contributed by atoms with Crippen LogP contribution in [0.25, 0.3) is 21.7 Å². The number of carbonyl (C=O) groups excluding carboxylic acids is 1. The van der Waals surface area contributed by atoms with Gasteiger partial charge in [0.2, 0.25) is 5.91 Å². The topological polar surface area (TPSA) is 59.8 Å². The second-order valence-corrected chi connectivity index (χ2v) is 5.06. The molecule has 3 aromatic rings. The number of benzene rings is 2. The summed E-state index contributed by atoms with van der Waals surface area (Å²) in [5, 5.41) is 2.08. The summed E-state index contributed by atoms with van der Waals surface area (Å²) in [6.07, 6.45) is 0. The van der Waals surface area contributed by atoms with Gasteiger partial charge in [-0.2, -0.15) is 0 Å². The summed E-state index contributed by atoms with van der Waals surface area (Å²) in [6, 6.07) is 10.7. The Hall–Kier alpha value is -2.82. The molecular weight excluding hydrogens is 282 g/mol. The third-order valence-corrected chi connectivity index (χ3v) is 3.76. The molecule has 0 aliphatic heterocycles. The highest BCUT2D eigenvalue weighted by Gasteiger charge is 2.11. The number of fused-ring (bicyclic) bond motifs is 3. The lowest BCUT2D eigenvalue weighted by Crippen LogP contribution is -2.22. The lowest BCUT2D eigenvalue weighted by molar-refractivity contribution is -0.116. The number of ether oxygens (including phenoxy) is 1. The van der Waals surface area contributed by atoms with Crippen LogP contribution in [-0.4, -0.2) is 20.1 Å². The molecule has 0 fully saturated rings. The second-order valence-electron chi connectivity index (χ2n) is 5.06. The molecular formula is C17H15NO4. The van der Waals surface area contributed by atoms with E-state index in [9.17, 15) is 9.59 Å². The van der Waals surface area contributed by atoms with E-state index >= 15 is 0 Å². The Bertz CT molecular complexity index is 942. The Kier molecular flexibility index (Phi) is 3.33. The molecule has 5 heteroatoms. The molecule has 0 radical (unpaired) electrons. The highest BCUT2D eigenvalue weighted by Crippen LogP contribution is 2.28. The first-order valence-corrected chi connectivity index (χ1v) is 6.80. The van der Waals surface area contributed by atoms with Crippen LogP contribution in [0.2, 0.25) is 0 Å². The summed E-state index contributed by atoms with van der Waals surface area (Å²) in [4.78, 5) is 25.1. The van der Waals surface area contributed by atoms with Crippen molar-refractivity contribution in [1.29, 1.82) is 0 Å². The van der Waals surface area contributed by atoms with Gasteiger partial charge in [-0.1, -0.05) is 0 Å². The van der Waals surface area contributed by atoms with Crippen molar-refractivity contribution in [2.24, 2.45) is 0 Å². The van der Waals surface area contributed by atoms with Crippen LogP contribution in [0.4, 0.5) is 5.69 Å². The third-order valence-electron chi connectivity index (χ3n) is 3.76. The number of amides is 1. The maximum atomic E-state index is 12.2. The predicted octanol–water partition coefficient (Wildman–Crippen LogP) is 2.94. The van der Waals surface area contributed by atoms with Gasteiger partial charge in [-0.3, -0.25) is 4.79 Å². The van der Waals surface area contributed by atoms with Crippen molar-refractivity contribution in [3.8, 4) is 5.75 Å². The van der Waals surface area contributed by atoms with E-state index in [4.69, 9.17) is 9.15 Å².